The number of rotatable bonds is 12. The van der Waals surface area contributed by atoms with Crippen LogP contribution in [0.4, 0.5) is 0 Å². The Morgan fingerprint density at radius 1 is 0.783 bits per heavy atom. The van der Waals surface area contributed by atoms with Crippen molar-refractivity contribution < 1.29 is 19.1 Å². The normalized spacial score (nSPS) is 12.1. The van der Waals surface area contributed by atoms with Crippen molar-refractivity contribution >= 4 is 23.7 Å². The third kappa shape index (κ3) is 12.4. The summed E-state index contributed by atoms with van der Waals surface area (Å²) < 4.78 is 9.47. The van der Waals surface area contributed by atoms with Gasteiger partial charge in [0.05, 0.1) is 27.1 Å². The fourth-order valence-corrected chi connectivity index (χ4v) is 3.41. The molecular formula is C18H34O4S. The molecule has 0 aliphatic carbocycles. The number of ether oxygens (including phenoxy) is 2. The molecule has 0 fully saturated rings. The quantitative estimate of drug-likeness (QED) is 0.386. The van der Waals surface area contributed by atoms with E-state index < -0.39 is 0 Å². The lowest BCUT2D eigenvalue weighted by Crippen LogP contribution is -2.18. The molecule has 136 valence electrons. The fourth-order valence-electron chi connectivity index (χ4n) is 2.51. The van der Waals surface area contributed by atoms with Crippen LogP contribution >= 0.6 is 11.8 Å². The van der Waals surface area contributed by atoms with Crippen LogP contribution in [0.15, 0.2) is 0 Å². The highest BCUT2D eigenvalue weighted by atomic mass is 32.2. The fraction of sp³-hybridized carbons (Fsp3) is 0.889. The lowest BCUT2D eigenvalue weighted by atomic mass is 9.85. The highest BCUT2D eigenvalue weighted by molar-refractivity contribution is 7.99. The molecule has 0 atom stereocenters. The number of esters is 2. The molecule has 5 heteroatoms. The Hall–Kier alpha value is -0.710. The molecule has 0 radical (unpaired) electrons. The SMILES string of the molecule is COC(=O)CC(C)(C)CCCSCCCC(C)(C)CC(=O)OC. The second-order valence-corrected chi connectivity index (χ2v) is 8.88. The van der Waals surface area contributed by atoms with Crippen LogP contribution in [0.2, 0.25) is 0 Å². The summed E-state index contributed by atoms with van der Waals surface area (Å²) in [7, 11) is 2.88. The van der Waals surface area contributed by atoms with Gasteiger partial charge in [0.15, 0.2) is 0 Å². The lowest BCUT2D eigenvalue weighted by Gasteiger charge is -2.23. The molecule has 23 heavy (non-hydrogen) atoms. The molecule has 0 aliphatic heterocycles. The summed E-state index contributed by atoms with van der Waals surface area (Å²) in [6.45, 7) is 8.46. The minimum absolute atomic E-state index is 0.0101. The number of carbonyl (C=O) groups is 2. The van der Waals surface area contributed by atoms with Crippen molar-refractivity contribution in [3.63, 3.8) is 0 Å². The largest absolute Gasteiger partial charge is 0.469 e. The van der Waals surface area contributed by atoms with Crippen molar-refractivity contribution in [1.82, 2.24) is 0 Å². The van der Waals surface area contributed by atoms with Gasteiger partial charge in [-0.15, -0.1) is 0 Å². The molecule has 0 aromatic rings. The maximum atomic E-state index is 11.3. The molecule has 0 saturated carbocycles. The molecule has 0 aliphatic rings. The standard InChI is InChI=1S/C18H34O4S/c1-17(2,13-15(19)21-5)9-7-11-23-12-8-10-18(3,4)14-16(20)22-6/h7-14H2,1-6H3. The van der Waals surface area contributed by atoms with Crippen molar-refractivity contribution in [3.8, 4) is 0 Å². The highest BCUT2D eigenvalue weighted by Gasteiger charge is 2.23. The van der Waals surface area contributed by atoms with Gasteiger partial charge in [-0.25, -0.2) is 0 Å². The Bertz CT molecular complexity index is 330. The van der Waals surface area contributed by atoms with E-state index in [0.29, 0.717) is 12.8 Å². The predicted molar refractivity (Wildman–Crippen MR) is 96.6 cm³/mol. The number of carbonyl (C=O) groups excluding carboxylic acids is 2. The number of thioether (sulfide) groups is 1. The molecule has 0 aromatic heterocycles. The molecule has 4 nitrogen and oxygen atoms in total. The molecule has 0 unspecified atom stereocenters. The third-order valence-corrected chi connectivity index (χ3v) is 5.14. The van der Waals surface area contributed by atoms with Gasteiger partial charge >= 0.3 is 11.9 Å². The van der Waals surface area contributed by atoms with Gasteiger partial charge in [0.1, 0.15) is 0 Å². The molecule has 0 saturated heterocycles. The molecule has 0 spiro atoms. The Morgan fingerprint density at radius 3 is 1.43 bits per heavy atom. The lowest BCUT2D eigenvalue weighted by molar-refractivity contribution is -0.144. The van der Waals surface area contributed by atoms with Crippen LogP contribution in [-0.4, -0.2) is 37.7 Å². The first kappa shape index (κ1) is 22.3. The minimum Gasteiger partial charge on any atom is -0.469 e. The van der Waals surface area contributed by atoms with Gasteiger partial charge < -0.3 is 9.47 Å². The van der Waals surface area contributed by atoms with E-state index in [0.717, 1.165) is 37.2 Å². The van der Waals surface area contributed by atoms with Gasteiger partial charge in [0, 0.05) is 0 Å². The van der Waals surface area contributed by atoms with Crippen molar-refractivity contribution in [3.05, 3.63) is 0 Å². The summed E-state index contributed by atoms with van der Waals surface area (Å²) >= 11 is 1.95. The van der Waals surface area contributed by atoms with Crippen LogP contribution in [0.25, 0.3) is 0 Å². The number of hydrogen-bond acceptors (Lipinski definition) is 5. The second kappa shape index (κ2) is 11.0. The topological polar surface area (TPSA) is 52.6 Å². The highest BCUT2D eigenvalue weighted by Crippen LogP contribution is 2.30. The molecule has 0 amide bonds. The third-order valence-electron chi connectivity index (χ3n) is 3.99. The summed E-state index contributed by atoms with van der Waals surface area (Å²) in [6.07, 6.45) is 5.25. The molecule has 0 heterocycles. The monoisotopic (exact) mass is 346 g/mol. The van der Waals surface area contributed by atoms with Gasteiger partial charge in [0.25, 0.3) is 0 Å². The van der Waals surface area contributed by atoms with Crippen molar-refractivity contribution in [2.75, 3.05) is 25.7 Å². The molecule has 0 aromatic carbocycles. The average Bonchev–Trinajstić information content (AvgIpc) is 2.44. The van der Waals surface area contributed by atoms with E-state index >= 15 is 0 Å². The molecule has 0 bridgehead atoms. The Morgan fingerprint density at radius 2 is 1.13 bits per heavy atom. The van der Waals surface area contributed by atoms with E-state index in [4.69, 9.17) is 9.47 Å². The average molecular weight is 347 g/mol. The zero-order chi connectivity index (χ0) is 17.9. The first-order valence-electron chi connectivity index (χ1n) is 8.33. The summed E-state index contributed by atoms with van der Waals surface area (Å²) in [5, 5.41) is 0. The van der Waals surface area contributed by atoms with Crippen LogP contribution in [0.5, 0.6) is 0 Å². The van der Waals surface area contributed by atoms with Crippen molar-refractivity contribution in [1.29, 1.82) is 0 Å². The zero-order valence-electron chi connectivity index (χ0n) is 15.7. The molecule has 0 N–H and O–H groups in total. The van der Waals surface area contributed by atoms with Crippen LogP contribution in [0.3, 0.4) is 0 Å². The number of methoxy groups -OCH3 is 2. The summed E-state index contributed by atoms with van der Waals surface area (Å²) in [5.41, 5.74) is 0.0202. The predicted octanol–water partition coefficient (Wildman–Crippen LogP) is 4.46. The van der Waals surface area contributed by atoms with Gasteiger partial charge in [-0.2, -0.15) is 11.8 Å². The summed E-state index contributed by atoms with van der Waals surface area (Å²) in [6, 6.07) is 0. The van der Waals surface area contributed by atoms with E-state index in [1.807, 2.05) is 11.8 Å². The van der Waals surface area contributed by atoms with E-state index in [1.165, 1.54) is 14.2 Å². The van der Waals surface area contributed by atoms with E-state index in [-0.39, 0.29) is 22.8 Å². The van der Waals surface area contributed by atoms with Crippen molar-refractivity contribution in [2.45, 2.75) is 66.2 Å². The first-order valence-corrected chi connectivity index (χ1v) is 9.49. The first-order chi connectivity index (χ1) is 10.6. The van der Waals surface area contributed by atoms with E-state index in [2.05, 4.69) is 27.7 Å². The number of hydrogen-bond donors (Lipinski definition) is 0. The van der Waals surface area contributed by atoms with Crippen molar-refractivity contribution in [2.24, 2.45) is 10.8 Å². The van der Waals surface area contributed by atoms with E-state index in [9.17, 15) is 9.59 Å². The second-order valence-electron chi connectivity index (χ2n) is 7.65. The van der Waals surface area contributed by atoms with Gasteiger partial charge in [-0.05, 0) is 48.0 Å². The summed E-state index contributed by atoms with van der Waals surface area (Å²) in [5.74, 6) is 1.97. The van der Waals surface area contributed by atoms with Gasteiger partial charge in [-0.3, -0.25) is 9.59 Å². The van der Waals surface area contributed by atoms with Gasteiger partial charge in [-0.1, -0.05) is 27.7 Å². The van der Waals surface area contributed by atoms with Crippen LogP contribution in [0.1, 0.15) is 66.2 Å². The van der Waals surface area contributed by atoms with Gasteiger partial charge in [0.2, 0.25) is 0 Å². The maximum absolute atomic E-state index is 11.3. The minimum atomic E-state index is -0.129. The Kier molecular flexibility index (Phi) is 10.6. The van der Waals surface area contributed by atoms with Crippen LogP contribution < -0.4 is 0 Å². The molecular weight excluding hydrogens is 312 g/mol. The Labute approximate surface area is 146 Å². The summed E-state index contributed by atoms with van der Waals surface area (Å²) in [4.78, 5) is 22.7. The molecule has 0 rings (SSSR count). The van der Waals surface area contributed by atoms with Crippen LogP contribution in [0, 0.1) is 10.8 Å². The zero-order valence-corrected chi connectivity index (χ0v) is 16.5. The maximum Gasteiger partial charge on any atom is 0.306 e. The van der Waals surface area contributed by atoms with E-state index in [1.54, 1.807) is 0 Å². The van der Waals surface area contributed by atoms with Crippen LogP contribution in [-0.2, 0) is 19.1 Å². The smallest absolute Gasteiger partial charge is 0.306 e. The Balaban J connectivity index is 3.73.